The Morgan fingerprint density at radius 3 is 2.88 bits per heavy atom. The van der Waals surface area contributed by atoms with Crippen molar-refractivity contribution in [1.82, 2.24) is 5.32 Å². The van der Waals surface area contributed by atoms with Gasteiger partial charge in [0, 0.05) is 12.6 Å². The van der Waals surface area contributed by atoms with E-state index in [1.165, 1.54) is 24.0 Å². The zero-order chi connectivity index (χ0) is 11.5. The highest BCUT2D eigenvalue weighted by Gasteiger charge is 2.20. The summed E-state index contributed by atoms with van der Waals surface area (Å²) in [6, 6.07) is 7.08. The van der Waals surface area contributed by atoms with Crippen LogP contribution in [0.1, 0.15) is 31.4 Å². The Kier molecular flexibility index (Phi) is 3.49. The summed E-state index contributed by atoms with van der Waals surface area (Å²) in [6.45, 7) is 5.56. The second-order valence-electron chi connectivity index (χ2n) is 4.71. The Hall–Kier alpha value is -1.02. The van der Waals surface area contributed by atoms with Gasteiger partial charge >= 0.3 is 0 Å². The monoisotopic (exact) mass is 219 g/mol. The van der Waals surface area contributed by atoms with E-state index in [2.05, 4.69) is 37.4 Å². The molecular formula is C14H21NO. The van der Waals surface area contributed by atoms with Gasteiger partial charge in [-0.2, -0.15) is 0 Å². The summed E-state index contributed by atoms with van der Waals surface area (Å²) >= 11 is 0. The fraction of sp³-hybridized carbons (Fsp3) is 0.571. The van der Waals surface area contributed by atoms with E-state index in [0.29, 0.717) is 12.0 Å². The zero-order valence-corrected chi connectivity index (χ0v) is 10.4. The van der Waals surface area contributed by atoms with Gasteiger partial charge in [-0.3, -0.25) is 0 Å². The lowest BCUT2D eigenvalue weighted by Crippen LogP contribution is -2.32. The van der Waals surface area contributed by atoms with E-state index in [-0.39, 0.29) is 0 Å². The summed E-state index contributed by atoms with van der Waals surface area (Å²) < 4.78 is 5.27. The predicted molar refractivity (Wildman–Crippen MR) is 66.8 cm³/mol. The molecule has 0 saturated heterocycles. The Labute approximate surface area is 98.0 Å². The average Bonchev–Trinajstić information content (AvgIpc) is 2.46. The molecule has 2 nitrogen and oxygen atoms in total. The molecule has 0 radical (unpaired) electrons. The first-order valence-electron chi connectivity index (χ1n) is 6.13. The maximum atomic E-state index is 5.27. The molecule has 1 heterocycles. The molecule has 2 heteroatoms. The molecule has 1 aliphatic heterocycles. The summed E-state index contributed by atoms with van der Waals surface area (Å²) in [5, 5.41) is 3.63. The summed E-state index contributed by atoms with van der Waals surface area (Å²) in [6.07, 6.45) is 2.37. The number of benzene rings is 1. The number of ether oxygens (including phenoxy) is 1. The molecule has 0 amide bonds. The van der Waals surface area contributed by atoms with E-state index in [0.717, 1.165) is 12.3 Å². The number of rotatable bonds is 2. The SMILES string of the molecule is CCC1NCc2cc(OC)ccc2CC1C. The third-order valence-electron chi connectivity index (χ3n) is 3.64. The smallest absolute Gasteiger partial charge is 0.119 e. The highest BCUT2D eigenvalue weighted by molar-refractivity contribution is 5.36. The lowest BCUT2D eigenvalue weighted by Gasteiger charge is -2.20. The fourth-order valence-corrected chi connectivity index (χ4v) is 2.57. The number of methoxy groups -OCH3 is 1. The van der Waals surface area contributed by atoms with Crippen molar-refractivity contribution >= 4 is 0 Å². The van der Waals surface area contributed by atoms with Crippen LogP contribution in [0, 0.1) is 5.92 Å². The van der Waals surface area contributed by atoms with Crippen molar-refractivity contribution in [2.45, 2.75) is 39.3 Å². The van der Waals surface area contributed by atoms with Crippen molar-refractivity contribution in [2.75, 3.05) is 7.11 Å². The van der Waals surface area contributed by atoms with E-state index in [9.17, 15) is 0 Å². The van der Waals surface area contributed by atoms with Gasteiger partial charge in [0.1, 0.15) is 5.75 Å². The summed E-state index contributed by atoms with van der Waals surface area (Å²) in [7, 11) is 1.73. The largest absolute Gasteiger partial charge is 0.497 e. The zero-order valence-electron chi connectivity index (χ0n) is 10.4. The van der Waals surface area contributed by atoms with Crippen LogP contribution in [-0.2, 0) is 13.0 Å². The van der Waals surface area contributed by atoms with Gasteiger partial charge in [0.25, 0.3) is 0 Å². The first-order chi connectivity index (χ1) is 7.74. The van der Waals surface area contributed by atoms with Crippen LogP contribution in [0.2, 0.25) is 0 Å². The normalized spacial score (nSPS) is 24.7. The molecule has 16 heavy (non-hydrogen) atoms. The quantitative estimate of drug-likeness (QED) is 0.826. The van der Waals surface area contributed by atoms with E-state index in [1.807, 2.05) is 0 Å². The molecule has 0 aromatic heterocycles. The van der Waals surface area contributed by atoms with Crippen LogP contribution in [0.25, 0.3) is 0 Å². The van der Waals surface area contributed by atoms with Gasteiger partial charge < -0.3 is 10.1 Å². The summed E-state index contributed by atoms with van der Waals surface area (Å²) in [4.78, 5) is 0. The molecule has 88 valence electrons. The van der Waals surface area contributed by atoms with Crippen LogP contribution in [0.3, 0.4) is 0 Å². The fourth-order valence-electron chi connectivity index (χ4n) is 2.57. The van der Waals surface area contributed by atoms with Gasteiger partial charge in [-0.25, -0.2) is 0 Å². The maximum absolute atomic E-state index is 5.27. The lowest BCUT2D eigenvalue weighted by molar-refractivity contribution is 0.376. The second-order valence-corrected chi connectivity index (χ2v) is 4.71. The second kappa shape index (κ2) is 4.88. The molecular weight excluding hydrogens is 198 g/mol. The molecule has 1 aromatic rings. The van der Waals surface area contributed by atoms with Crippen LogP contribution in [0.4, 0.5) is 0 Å². The molecule has 0 spiro atoms. The van der Waals surface area contributed by atoms with Crippen molar-refractivity contribution in [2.24, 2.45) is 5.92 Å². The van der Waals surface area contributed by atoms with Crippen molar-refractivity contribution < 1.29 is 4.74 Å². The first kappa shape index (κ1) is 11.5. The minimum absolute atomic E-state index is 0.637. The average molecular weight is 219 g/mol. The number of fused-ring (bicyclic) bond motifs is 1. The van der Waals surface area contributed by atoms with Gasteiger partial charge in [-0.05, 0) is 42.0 Å². The highest BCUT2D eigenvalue weighted by atomic mass is 16.5. The molecule has 0 bridgehead atoms. The van der Waals surface area contributed by atoms with Crippen molar-refractivity contribution in [1.29, 1.82) is 0 Å². The van der Waals surface area contributed by atoms with Crippen molar-refractivity contribution in [3.8, 4) is 5.75 Å². The van der Waals surface area contributed by atoms with E-state index >= 15 is 0 Å². The van der Waals surface area contributed by atoms with Crippen LogP contribution in [0.15, 0.2) is 18.2 Å². The topological polar surface area (TPSA) is 21.3 Å². The van der Waals surface area contributed by atoms with Gasteiger partial charge in [0.2, 0.25) is 0 Å². The Morgan fingerprint density at radius 1 is 1.38 bits per heavy atom. The van der Waals surface area contributed by atoms with Crippen LogP contribution in [0.5, 0.6) is 5.75 Å². The number of nitrogens with one attached hydrogen (secondary N) is 1. The third-order valence-corrected chi connectivity index (χ3v) is 3.64. The Morgan fingerprint density at radius 2 is 2.19 bits per heavy atom. The minimum Gasteiger partial charge on any atom is -0.497 e. The molecule has 0 saturated carbocycles. The lowest BCUT2D eigenvalue weighted by atomic mass is 9.93. The minimum atomic E-state index is 0.637. The third kappa shape index (κ3) is 2.22. The standard InChI is InChI=1S/C14H21NO/c1-4-14-10(2)7-11-5-6-13(16-3)8-12(11)9-15-14/h5-6,8,10,14-15H,4,7,9H2,1-3H3. The molecule has 2 unspecified atom stereocenters. The molecule has 1 aliphatic rings. The highest BCUT2D eigenvalue weighted by Crippen LogP contribution is 2.25. The summed E-state index contributed by atoms with van der Waals surface area (Å²) in [5.74, 6) is 1.67. The van der Waals surface area contributed by atoms with E-state index in [1.54, 1.807) is 7.11 Å². The van der Waals surface area contributed by atoms with Gasteiger partial charge in [-0.15, -0.1) is 0 Å². The van der Waals surface area contributed by atoms with Crippen LogP contribution in [-0.4, -0.2) is 13.2 Å². The first-order valence-corrected chi connectivity index (χ1v) is 6.13. The molecule has 2 atom stereocenters. The molecule has 1 N–H and O–H groups in total. The van der Waals surface area contributed by atoms with Gasteiger partial charge in [0.15, 0.2) is 0 Å². The Bertz CT molecular complexity index is 362. The van der Waals surface area contributed by atoms with Gasteiger partial charge in [-0.1, -0.05) is 19.9 Å². The Balaban J connectivity index is 2.25. The van der Waals surface area contributed by atoms with Crippen molar-refractivity contribution in [3.05, 3.63) is 29.3 Å². The molecule has 2 rings (SSSR count). The number of hydrogen-bond acceptors (Lipinski definition) is 2. The van der Waals surface area contributed by atoms with E-state index in [4.69, 9.17) is 4.74 Å². The van der Waals surface area contributed by atoms with Gasteiger partial charge in [0.05, 0.1) is 7.11 Å². The molecule has 1 aromatic carbocycles. The van der Waals surface area contributed by atoms with E-state index < -0.39 is 0 Å². The van der Waals surface area contributed by atoms with Crippen LogP contribution < -0.4 is 10.1 Å². The molecule has 0 aliphatic carbocycles. The maximum Gasteiger partial charge on any atom is 0.119 e. The molecule has 0 fully saturated rings. The summed E-state index contributed by atoms with van der Waals surface area (Å²) in [5.41, 5.74) is 2.86. The predicted octanol–water partition coefficient (Wildman–Crippen LogP) is 2.76. The van der Waals surface area contributed by atoms with Crippen LogP contribution >= 0.6 is 0 Å². The number of hydrogen-bond donors (Lipinski definition) is 1. The van der Waals surface area contributed by atoms with Crippen molar-refractivity contribution in [3.63, 3.8) is 0 Å².